The Morgan fingerprint density at radius 3 is 3.11 bits per heavy atom. The third-order valence-corrected chi connectivity index (χ3v) is 6.90. The standard InChI is InChI=1S/C20H18N4OS2/c1-12-6-7-13-15(9-21)20(27-17(13)8-12)24-18(25)10-26-19-14-4-2-3-5-16(14)22-11-23-19/h2-5,11-12H,6-8,10H2,1H3,(H,24,25)/t12-/m1/s1. The molecule has 0 bridgehead atoms. The van der Waals surface area contributed by atoms with Gasteiger partial charge in [-0.3, -0.25) is 4.79 Å². The lowest BCUT2D eigenvalue weighted by atomic mass is 9.89. The van der Waals surface area contributed by atoms with E-state index in [1.54, 1.807) is 11.3 Å². The number of aromatic nitrogens is 2. The number of carbonyl (C=O) groups excluding carboxylic acids is 1. The van der Waals surface area contributed by atoms with Gasteiger partial charge >= 0.3 is 0 Å². The number of hydrogen-bond acceptors (Lipinski definition) is 6. The van der Waals surface area contributed by atoms with Crippen LogP contribution in [0.4, 0.5) is 5.00 Å². The number of anilines is 1. The molecule has 1 aliphatic rings. The molecule has 27 heavy (non-hydrogen) atoms. The van der Waals surface area contributed by atoms with Crippen molar-refractivity contribution in [3.8, 4) is 6.07 Å². The molecule has 1 aliphatic carbocycles. The number of thioether (sulfide) groups is 1. The van der Waals surface area contributed by atoms with Gasteiger partial charge < -0.3 is 5.32 Å². The minimum absolute atomic E-state index is 0.120. The summed E-state index contributed by atoms with van der Waals surface area (Å²) in [6.45, 7) is 2.23. The number of amides is 1. The summed E-state index contributed by atoms with van der Waals surface area (Å²) >= 11 is 2.94. The first-order valence-electron chi connectivity index (χ1n) is 8.82. The topological polar surface area (TPSA) is 78.7 Å². The van der Waals surface area contributed by atoms with Crippen LogP contribution in [0.25, 0.3) is 10.9 Å². The van der Waals surface area contributed by atoms with E-state index in [1.807, 2.05) is 24.3 Å². The number of nitrogens with zero attached hydrogens (tertiary/aromatic N) is 3. The van der Waals surface area contributed by atoms with Gasteiger partial charge in [-0.25, -0.2) is 9.97 Å². The van der Waals surface area contributed by atoms with E-state index in [0.717, 1.165) is 40.8 Å². The summed E-state index contributed by atoms with van der Waals surface area (Å²) in [5.41, 5.74) is 2.64. The van der Waals surface area contributed by atoms with Gasteiger partial charge in [0.05, 0.1) is 16.8 Å². The summed E-state index contributed by atoms with van der Waals surface area (Å²) in [6, 6.07) is 10.0. The highest BCUT2D eigenvalue weighted by Gasteiger charge is 2.24. The predicted molar refractivity (Wildman–Crippen MR) is 109 cm³/mol. The highest BCUT2D eigenvalue weighted by molar-refractivity contribution is 8.00. The number of fused-ring (bicyclic) bond motifs is 2. The number of nitriles is 1. The molecule has 3 aromatic rings. The second-order valence-corrected chi connectivity index (χ2v) is 8.77. The van der Waals surface area contributed by atoms with Gasteiger partial charge in [0.1, 0.15) is 22.4 Å². The minimum atomic E-state index is -0.120. The Kier molecular flexibility index (Phi) is 5.10. The number of nitrogens with one attached hydrogen (secondary N) is 1. The van der Waals surface area contributed by atoms with Crippen LogP contribution in [-0.2, 0) is 17.6 Å². The third kappa shape index (κ3) is 3.68. The molecule has 1 aromatic carbocycles. The summed E-state index contributed by atoms with van der Waals surface area (Å²) < 4.78 is 0. The lowest BCUT2D eigenvalue weighted by molar-refractivity contribution is -0.113. The van der Waals surface area contributed by atoms with E-state index in [9.17, 15) is 10.1 Å². The maximum atomic E-state index is 12.5. The molecule has 1 atom stereocenters. The predicted octanol–water partition coefficient (Wildman–Crippen LogP) is 4.42. The first-order chi connectivity index (χ1) is 13.2. The molecule has 1 amide bonds. The van der Waals surface area contributed by atoms with Gasteiger partial charge in [-0.15, -0.1) is 11.3 Å². The largest absolute Gasteiger partial charge is 0.316 e. The van der Waals surface area contributed by atoms with Crippen LogP contribution in [0.1, 0.15) is 29.3 Å². The van der Waals surface area contributed by atoms with Crippen LogP contribution in [0, 0.1) is 17.2 Å². The zero-order valence-electron chi connectivity index (χ0n) is 14.9. The molecule has 0 fully saturated rings. The SMILES string of the molecule is C[C@@H]1CCc2c(sc(NC(=O)CSc3ncnc4ccccc34)c2C#N)C1. The Balaban J connectivity index is 1.48. The number of rotatable bonds is 4. The average molecular weight is 395 g/mol. The molecule has 7 heteroatoms. The van der Waals surface area contributed by atoms with Crippen molar-refractivity contribution < 1.29 is 4.79 Å². The van der Waals surface area contributed by atoms with E-state index in [-0.39, 0.29) is 11.7 Å². The van der Waals surface area contributed by atoms with Crippen molar-refractivity contribution in [2.45, 2.75) is 31.2 Å². The van der Waals surface area contributed by atoms with E-state index in [0.29, 0.717) is 16.5 Å². The Bertz CT molecular complexity index is 1050. The second kappa shape index (κ2) is 7.67. The molecule has 0 saturated carbocycles. The molecule has 136 valence electrons. The molecule has 2 heterocycles. The van der Waals surface area contributed by atoms with Crippen LogP contribution in [0.15, 0.2) is 35.6 Å². The number of thiophene rings is 1. The lowest BCUT2D eigenvalue weighted by Crippen LogP contribution is -2.14. The molecular weight excluding hydrogens is 376 g/mol. The fourth-order valence-electron chi connectivity index (χ4n) is 3.35. The van der Waals surface area contributed by atoms with Gasteiger partial charge in [0.2, 0.25) is 5.91 Å². The average Bonchev–Trinajstić information content (AvgIpc) is 3.02. The smallest absolute Gasteiger partial charge is 0.235 e. The highest BCUT2D eigenvalue weighted by Crippen LogP contribution is 2.39. The molecule has 5 nitrogen and oxygen atoms in total. The quantitative estimate of drug-likeness (QED) is 0.523. The van der Waals surface area contributed by atoms with Crippen LogP contribution in [-0.4, -0.2) is 21.6 Å². The van der Waals surface area contributed by atoms with E-state index >= 15 is 0 Å². The monoisotopic (exact) mass is 394 g/mol. The molecule has 0 aliphatic heterocycles. The summed E-state index contributed by atoms with van der Waals surface area (Å²) in [5, 5.41) is 14.9. The van der Waals surface area contributed by atoms with E-state index < -0.39 is 0 Å². The molecular formula is C20H18N4OS2. The van der Waals surface area contributed by atoms with Crippen LogP contribution in [0.2, 0.25) is 0 Å². The maximum absolute atomic E-state index is 12.5. The van der Waals surface area contributed by atoms with Crippen molar-refractivity contribution in [1.29, 1.82) is 5.26 Å². The highest BCUT2D eigenvalue weighted by atomic mass is 32.2. The Morgan fingerprint density at radius 1 is 1.41 bits per heavy atom. The summed E-state index contributed by atoms with van der Waals surface area (Å²) in [5.74, 6) is 0.754. The Hall–Kier alpha value is -2.43. The molecule has 0 spiro atoms. The number of benzene rings is 1. The lowest BCUT2D eigenvalue weighted by Gasteiger charge is -2.17. The van der Waals surface area contributed by atoms with Gasteiger partial charge in [0, 0.05) is 10.3 Å². The first kappa shape index (κ1) is 18.0. The van der Waals surface area contributed by atoms with Crippen molar-refractivity contribution in [1.82, 2.24) is 9.97 Å². The van der Waals surface area contributed by atoms with Gasteiger partial charge in [-0.2, -0.15) is 5.26 Å². The third-order valence-electron chi connectivity index (χ3n) is 4.72. The van der Waals surface area contributed by atoms with E-state index in [4.69, 9.17) is 0 Å². The van der Waals surface area contributed by atoms with Crippen LogP contribution >= 0.6 is 23.1 Å². The molecule has 0 radical (unpaired) electrons. The number of para-hydroxylation sites is 1. The van der Waals surface area contributed by atoms with Crippen molar-refractivity contribution in [3.05, 3.63) is 46.6 Å². The molecule has 0 saturated heterocycles. The van der Waals surface area contributed by atoms with Gasteiger partial charge in [0.25, 0.3) is 0 Å². The van der Waals surface area contributed by atoms with Gasteiger partial charge in [0.15, 0.2) is 0 Å². The molecule has 2 aromatic heterocycles. The summed E-state index contributed by atoms with van der Waals surface area (Å²) in [7, 11) is 0. The Labute approximate surface area is 165 Å². The summed E-state index contributed by atoms with van der Waals surface area (Å²) in [4.78, 5) is 22.3. The van der Waals surface area contributed by atoms with Crippen LogP contribution < -0.4 is 5.32 Å². The van der Waals surface area contributed by atoms with Crippen LogP contribution in [0.3, 0.4) is 0 Å². The molecule has 0 unspecified atom stereocenters. The summed E-state index contributed by atoms with van der Waals surface area (Å²) in [6.07, 6.45) is 4.53. The molecule has 4 rings (SSSR count). The van der Waals surface area contributed by atoms with Crippen molar-refractivity contribution in [3.63, 3.8) is 0 Å². The fourth-order valence-corrected chi connectivity index (χ4v) is 5.52. The normalized spacial score (nSPS) is 15.9. The zero-order chi connectivity index (χ0) is 18.8. The van der Waals surface area contributed by atoms with Crippen molar-refractivity contribution in [2.75, 3.05) is 11.1 Å². The van der Waals surface area contributed by atoms with Gasteiger partial charge in [-0.1, -0.05) is 36.9 Å². The number of carbonyl (C=O) groups is 1. The Morgan fingerprint density at radius 2 is 2.26 bits per heavy atom. The van der Waals surface area contributed by atoms with E-state index in [1.165, 1.54) is 23.0 Å². The fraction of sp³-hybridized carbons (Fsp3) is 0.300. The van der Waals surface area contributed by atoms with Crippen molar-refractivity contribution in [2.24, 2.45) is 5.92 Å². The zero-order valence-corrected chi connectivity index (χ0v) is 16.5. The van der Waals surface area contributed by atoms with Gasteiger partial charge in [-0.05, 0) is 36.8 Å². The second-order valence-electron chi connectivity index (χ2n) is 6.70. The first-order valence-corrected chi connectivity index (χ1v) is 10.6. The number of hydrogen-bond donors (Lipinski definition) is 1. The van der Waals surface area contributed by atoms with Crippen molar-refractivity contribution >= 4 is 44.9 Å². The van der Waals surface area contributed by atoms with E-state index in [2.05, 4.69) is 28.3 Å². The minimum Gasteiger partial charge on any atom is -0.316 e. The van der Waals surface area contributed by atoms with Crippen LogP contribution in [0.5, 0.6) is 0 Å². The maximum Gasteiger partial charge on any atom is 0.235 e. The molecule has 1 N–H and O–H groups in total.